The molecule has 0 heterocycles. The normalized spacial score (nSPS) is 11.3. The van der Waals surface area contributed by atoms with E-state index in [0.29, 0.717) is 11.1 Å². The lowest BCUT2D eigenvalue weighted by molar-refractivity contribution is 0.0696. The number of sulfone groups is 1. The van der Waals surface area contributed by atoms with Gasteiger partial charge in [0.15, 0.2) is 9.84 Å². The molecule has 6 heteroatoms. The second kappa shape index (κ2) is 6.15. The van der Waals surface area contributed by atoms with E-state index >= 15 is 0 Å². The van der Waals surface area contributed by atoms with Crippen molar-refractivity contribution in [2.75, 3.05) is 0 Å². The van der Waals surface area contributed by atoms with Crippen molar-refractivity contribution >= 4 is 38.4 Å². The smallest absolute Gasteiger partial charge is 0.335 e. The molecule has 0 radical (unpaired) electrons. The van der Waals surface area contributed by atoms with Gasteiger partial charge in [-0.25, -0.2) is 13.2 Å². The fourth-order valence-electron chi connectivity index (χ4n) is 1.95. The van der Waals surface area contributed by atoms with Gasteiger partial charge in [0.2, 0.25) is 0 Å². The summed E-state index contributed by atoms with van der Waals surface area (Å²) in [4.78, 5) is 11.1. The van der Waals surface area contributed by atoms with E-state index in [1.807, 2.05) is 12.1 Å². The van der Waals surface area contributed by atoms with E-state index in [1.54, 1.807) is 19.1 Å². The molecular weight excluding hydrogens is 403 g/mol. The monoisotopic (exact) mass is 416 g/mol. The number of aromatic carboxylic acids is 1. The zero-order chi connectivity index (χ0) is 15.6. The van der Waals surface area contributed by atoms with Crippen molar-refractivity contribution in [3.8, 4) is 0 Å². The Balaban J connectivity index is 2.41. The first-order valence-corrected chi connectivity index (χ1v) is 8.84. The van der Waals surface area contributed by atoms with Crippen LogP contribution in [0.25, 0.3) is 0 Å². The Bertz CT molecular complexity index is 780. The van der Waals surface area contributed by atoms with E-state index in [1.165, 1.54) is 18.2 Å². The third-order valence-corrected chi connectivity index (χ3v) is 5.58. The lowest BCUT2D eigenvalue weighted by Gasteiger charge is -2.09. The predicted octanol–water partition coefficient (Wildman–Crippen LogP) is 3.27. The first-order valence-electron chi connectivity index (χ1n) is 6.11. The number of hydrogen-bond donors (Lipinski definition) is 1. The molecule has 0 bridgehead atoms. The van der Waals surface area contributed by atoms with Crippen LogP contribution in [-0.4, -0.2) is 19.5 Å². The van der Waals surface area contributed by atoms with Crippen LogP contribution in [0.1, 0.15) is 21.5 Å². The number of carboxylic acids is 1. The van der Waals surface area contributed by atoms with Gasteiger partial charge in [-0.05, 0) is 64.9 Å². The predicted molar refractivity (Wildman–Crippen MR) is 88.2 cm³/mol. The fourth-order valence-corrected chi connectivity index (χ4v) is 3.96. The first-order chi connectivity index (χ1) is 9.79. The molecule has 0 aromatic heterocycles. The molecule has 0 saturated heterocycles. The van der Waals surface area contributed by atoms with E-state index in [2.05, 4.69) is 22.6 Å². The van der Waals surface area contributed by atoms with E-state index in [4.69, 9.17) is 5.11 Å². The molecule has 0 aliphatic rings. The second-order valence-corrected chi connectivity index (χ2v) is 7.87. The van der Waals surface area contributed by atoms with Gasteiger partial charge in [-0.1, -0.05) is 18.2 Å². The van der Waals surface area contributed by atoms with E-state index in [-0.39, 0.29) is 16.2 Å². The third kappa shape index (κ3) is 3.82. The van der Waals surface area contributed by atoms with Crippen LogP contribution in [0.15, 0.2) is 47.4 Å². The number of aryl methyl sites for hydroxylation is 1. The molecule has 1 N–H and O–H groups in total. The van der Waals surface area contributed by atoms with Crippen molar-refractivity contribution in [1.82, 2.24) is 0 Å². The van der Waals surface area contributed by atoms with Crippen molar-refractivity contribution in [3.63, 3.8) is 0 Å². The van der Waals surface area contributed by atoms with Crippen LogP contribution in [0.3, 0.4) is 0 Å². The van der Waals surface area contributed by atoms with Gasteiger partial charge >= 0.3 is 5.97 Å². The highest BCUT2D eigenvalue weighted by atomic mass is 127. The summed E-state index contributed by atoms with van der Waals surface area (Å²) < 4.78 is 26.0. The Kier molecular flexibility index (Phi) is 4.67. The molecule has 0 aliphatic carbocycles. The average molecular weight is 416 g/mol. The Morgan fingerprint density at radius 3 is 2.33 bits per heavy atom. The number of halogens is 1. The van der Waals surface area contributed by atoms with Crippen LogP contribution in [0, 0.1) is 10.5 Å². The number of hydrogen-bond acceptors (Lipinski definition) is 3. The van der Waals surface area contributed by atoms with Gasteiger partial charge in [-0.15, -0.1) is 0 Å². The Hall–Kier alpha value is -1.41. The van der Waals surface area contributed by atoms with Crippen LogP contribution in [0.4, 0.5) is 0 Å². The highest BCUT2D eigenvalue weighted by Crippen LogP contribution is 2.22. The van der Waals surface area contributed by atoms with Gasteiger partial charge in [0.05, 0.1) is 16.2 Å². The summed E-state index contributed by atoms with van der Waals surface area (Å²) in [5, 5.41) is 8.99. The van der Waals surface area contributed by atoms with Crippen molar-refractivity contribution < 1.29 is 18.3 Å². The minimum Gasteiger partial charge on any atom is -0.478 e. The van der Waals surface area contributed by atoms with Crippen LogP contribution >= 0.6 is 22.6 Å². The quantitative estimate of drug-likeness (QED) is 0.777. The molecule has 0 unspecified atom stereocenters. The molecule has 0 spiro atoms. The number of rotatable bonds is 4. The molecule has 2 aromatic rings. The molecule has 2 aromatic carbocycles. The van der Waals surface area contributed by atoms with Gasteiger partial charge < -0.3 is 5.11 Å². The minimum absolute atomic E-state index is 0.0261. The summed E-state index contributed by atoms with van der Waals surface area (Å²) in [5.41, 5.74) is 1.20. The maximum Gasteiger partial charge on any atom is 0.335 e. The van der Waals surface area contributed by atoms with Gasteiger partial charge in [-0.2, -0.15) is 0 Å². The maximum atomic E-state index is 12.5. The molecule has 0 saturated carbocycles. The zero-order valence-electron chi connectivity index (χ0n) is 11.2. The number of carboxylic acid groups (broad SMARTS) is 1. The lowest BCUT2D eigenvalue weighted by Crippen LogP contribution is -2.09. The SMILES string of the molecule is Cc1ccc(C(=O)O)cc1S(=O)(=O)Cc1ccc(I)cc1. The maximum absolute atomic E-state index is 12.5. The Labute approximate surface area is 136 Å². The standard InChI is InChI=1S/C15H13IO4S/c1-10-2-5-12(15(17)18)8-14(10)21(19,20)9-11-3-6-13(16)7-4-11/h2-8H,9H2,1H3,(H,17,18). The van der Waals surface area contributed by atoms with Gasteiger partial charge in [0.1, 0.15) is 0 Å². The summed E-state index contributed by atoms with van der Waals surface area (Å²) >= 11 is 2.15. The Morgan fingerprint density at radius 2 is 1.76 bits per heavy atom. The number of benzene rings is 2. The van der Waals surface area contributed by atoms with Crippen LogP contribution in [-0.2, 0) is 15.6 Å². The van der Waals surface area contributed by atoms with Crippen molar-refractivity contribution in [1.29, 1.82) is 0 Å². The van der Waals surface area contributed by atoms with Crippen molar-refractivity contribution in [2.45, 2.75) is 17.6 Å². The van der Waals surface area contributed by atoms with E-state index in [0.717, 1.165) is 3.57 Å². The summed E-state index contributed by atoms with van der Waals surface area (Å²) in [7, 11) is -3.58. The summed E-state index contributed by atoms with van der Waals surface area (Å²) in [6.07, 6.45) is 0. The number of carbonyl (C=O) groups is 1. The largest absolute Gasteiger partial charge is 0.478 e. The Morgan fingerprint density at radius 1 is 1.14 bits per heavy atom. The molecule has 0 atom stereocenters. The molecule has 21 heavy (non-hydrogen) atoms. The third-order valence-electron chi connectivity index (χ3n) is 3.04. The van der Waals surface area contributed by atoms with Gasteiger partial charge in [0.25, 0.3) is 0 Å². The fraction of sp³-hybridized carbons (Fsp3) is 0.133. The summed E-state index contributed by atoms with van der Waals surface area (Å²) in [5.74, 6) is -1.28. The van der Waals surface area contributed by atoms with Gasteiger partial charge in [-0.3, -0.25) is 0 Å². The van der Waals surface area contributed by atoms with E-state index in [9.17, 15) is 13.2 Å². The second-order valence-electron chi connectivity index (χ2n) is 4.67. The van der Waals surface area contributed by atoms with Crippen LogP contribution in [0.2, 0.25) is 0 Å². The minimum atomic E-state index is -3.58. The lowest BCUT2D eigenvalue weighted by atomic mass is 10.1. The molecule has 0 amide bonds. The van der Waals surface area contributed by atoms with Gasteiger partial charge in [0, 0.05) is 3.57 Å². The molecule has 4 nitrogen and oxygen atoms in total. The molecule has 0 aliphatic heterocycles. The zero-order valence-corrected chi connectivity index (χ0v) is 14.2. The summed E-state index contributed by atoms with van der Waals surface area (Å²) in [6.45, 7) is 1.66. The molecular formula is C15H13IO4S. The topological polar surface area (TPSA) is 71.4 Å². The van der Waals surface area contributed by atoms with Crippen LogP contribution in [0.5, 0.6) is 0 Å². The highest BCUT2D eigenvalue weighted by molar-refractivity contribution is 14.1. The summed E-state index contributed by atoms with van der Waals surface area (Å²) in [6, 6.07) is 11.3. The molecule has 2 rings (SSSR count). The van der Waals surface area contributed by atoms with Crippen molar-refractivity contribution in [2.24, 2.45) is 0 Å². The molecule has 0 fully saturated rings. The average Bonchev–Trinajstić information content (AvgIpc) is 2.41. The van der Waals surface area contributed by atoms with Crippen molar-refractivity contribution in [3.05, 3.63) is 62.7 Å². The van der Waals surface area contributed by atoms with E-state index < -0.39 is 15.8 Å². The molecule has 110 valence electrons. The van der Waals surface area contributed by atoms with Crippen LogP contribution < -0.4 is 0 Å². The first kappa shape index (κ1) is 16.0. The highest BCUT2D eigenvalue weighted by Gasteiger charge is 2.19.